The second-order valence-corrected chi connectivity index (χ2v) is 6.98. The summed E-state index contributed by atoms with van der Waals surface area (Å²) < 4.78 is 5.20. The third kappa shape index (κ3) is 4.25. The van der Waals surface area contributed by atoms with Gasteiger partial charge in [-0.2, -0.15) is 0 Å². The molecule has 1 saturated heterocycles. The summed E-state index contributed by atoms with van der Waals surface area (Å²) in [5.74, 6) is 1.16. The van der Waals surface area contributed by atoms with Gasteiger partial charge in [0.25, 0.3) is 0 Å². The number of anilines is 2. The van der Waals surface area contributed by atoms with E-state index in [2.05, 4.69) is 20.2 Å². The van der Waals surface area contributed by atoms with Gasteiger partial charge in [-0.25, -0.2) is 9.97 Å². The molecule has 2 heterocycles. The third-order valence-electron chi connectivity index (χ3n) is 4.48. The van der Waals surface area contributed by atoms with Crippen molar-refractivity contribution in [2.45, 2.75) is 26.7 Å². The topological polar surface area (TPSA) is 67.3 Å². The minimum atomic E-state index is -0.143. The number of nitrogens with one attached hydrogen (secondary N) is 1. The maximum absolute atomic E-state index is 12.8. The van der Waals surface area contributed by atoms with E-state index in [1.807, 2.05) is 19.9 Å². The molecule has 0 saturated carbocycles. The minimum absolute atomic E-state index is 0.0470. The van der Waals surface area contributed by atoms with E-state index in [9.17, 15) is 4.79 Å². The van der Waals surface area contributed by atoms with E-state index in [1.54, 1.807) is 25.3 Å². The quantitative estimate of drug-likeness (QED) is 0.885. The van der Waals surface area contributed by atoms with E-state index in [4.69, 9.17) is 16.3 Å². The SMILES string of the molecule is COc1ccc(Cl)c(NC(=O)C2CCCN(c3nc(C)cc(C)n3)C2)c1. The van der Waals surface area contributed by atoms with E-state index in [0.29, 0.717) is 29.0 Å². The Labute approximate surface area is 158 Å². The van der Waals surface area contributed by atoms with Crippen LogP contribution in [-0.2, 0) is 4.79 Å². The third-order valence-corrected chi connectivity index (χ3v) is 4.81. The molecule has 3 rings (SSSR count). The Hall–Kier alpha value is -2.34. The van der Waals surface area contributed by atoms with Crippen molar-refractivity contribution >= 4 is 29.1 Å². The largest absolute Gasteiger partial charge is 0.497 e. The monoisotopic (exact) mass is 374 g/mol. The van der Waals surface area contributed by atoms with E-state index in [0.717, 1.165) is 30.8 Å². The van der Waals surface area contributed by atoms with Crippen LogP contribution in [0, 0.1) is 19.8 Å². The summed E-state index contributed by atoms with van der Waals surface area (Å²) in [6.45, 7) is 5.36. The molecule has 1 aliphatic rings. The Kier molecular flexibility index (Phi) is 5.61. The van der Waals surface area contributed by atoms with Crippen LogP contribution in [0.1, 0.15) is 24.2 Å². The smallest absolute Gasteiger partial charge is 0.229 e. The second-order valence-electron chi connectivity index (χ2n) is 6.57. The van der Waals surface area contributed by atoms with Gasteiger partial charge in [-0.05, 0) is 44.9 Å². The fraction of sp³-hybridized carbons (Fsp3) is 0.421. The second kappa shape index (κ2) is 7.91. The molecule has 0 radical (unpaired) electrons. The highest BCUT2D eigenvalue weighted by Crippen LogP contribution is 2.28. The molecular weight excluding hydrogens is 352 g/mol. The maximum Gasteiger partial charge on any atom is 0.229 e. The van der Waals surface area contributed by atoms with Gasteiger partial charge in [0.15, 0.2) is 0 Å². The summed E-state index contributed by atoms with van der Waals surface area (Å²) in [7, 11) is 1.58. The lowest BCUT2D eigenvalue weighted by atomic mass is 9.97. The molecule has 1 aromatic heterocycles. The van der Waals surface area contributed by atoms with E-state index < -0.39 is 0 Å². The highest BCUT2D eigenvalue weighted by molar-refractivity contribution is 6.33. The van der Waals surface area contributed by atoms with Crippen molar-refractivity contribution in [2.75, 3.05) is 30.4 Å². The van der Waals surface area contributed by atoms with Crippen molar-refractivity contribution in [1.82, 2.24) is 9.97 Å². The van der Waals surface area contributed by atoms with E-state index >= 15 is 0 Å². The number of carbonyl (C=O) groups is 1. The van der Waals surface area contributed by atoms with Crippen LogP contribution in [0.3, 0.4) is 0 Å². The van der Waals surface area contributed by atoms with E-state index in [-0.39, 0.29) is 11.8 Å². The Balaban J connectivity index is 1.72. The lowest BCUT2D eigenvalue weighted by Crippen LogP contribution is -2.41. The number of methoxy groups -OCH3 is 1. The fourth-order valence-electron chi connectivity index (χ4n) is 3.18. The predicted molar refractivity (Wildman–Crippen MR) is 103 cm³/mol. The maximum atomic E-state index is 12.8. The van der Waals surface area contributed by atoms with Crippen molar-refractivity contribution in [1.29, 1.82) is 0 Å². The van der Waals surface area contributed by atoms with Crippen LogP contribution in [0.25, 0.3) is 0 Å². The normalized spacial score (nSPS) is 17.1. The number of amides is 1. The summed E-state index contributed by atoms with van der Waals surface area (Å²) in [5, 5.41) is 3.42. The van der Waals surface area contributed by atoms with Crippen LogP contribution in [0.15, 0.2) is 24.3 Å². The first-order valence-corrected chi connectivity index (χ1v) is 9.05. The number of rotatable bonds is 4. The van der Waals surface area contributed by atoms with Crippen molar-refractivity contribution in [3.05, 3.63) is 40.7 Å². The van der Waals surface area contributed by atoms with Gasteiger partial charge in [0.1, 0.15) is 5.75 Å². The van der Waals surface area contributed by atoms with Crippen molar-refractivity contribution < 1.29 is 9.53 Å². The number of ether oxygens (including phenoxy) is 1. The average Bonchev–Trinajstić information content (AvgIpc) is 2.63. The number of halogens is 1. The number of aromatic nitrogens is 2. The lowest BCUT2D eigenvalue weighted by Gasteiger charge is -2.32. The zero-order valence-corrected chi connectivity index (χ0v) is 16.0. The first-order valence-electron chi connectivity index (χ1n) is 8.68. The van der Waals surface area contributed by atoms with Gasteiger partial charge in [-0.15, -0.1) is 0 Å². The van der Waals surface area contributed by atoms with Crippen molar-refractivity contribution in [3.63, 3.8) is 0 Å². The zero-order valence-electron chi connectivity index (χ0n) is 15.3. The first kappa shape index (κ1) is 18.5. The summed E-state index contributed by atoms with van der Waals surface area (Å²) in [6, 6.07) is 7.15. The molecule has 0 bridgehead atoms. The first-order chi connectivity index (χ1) is 12.5. The Bertz CT molecular complexity index is 792. The van der Waals surface area contributed by atoms with Crippen LogP contribution in [0.4, 0.5) is 11.6 Å². The number of carbonyl (C=O) groups excluding carboxylic acids is 1. The predicted octanol–water partition coefficient (Wildman–Crippen LogP) is 3.61. The standard InChI is InChI=1S/C19H23ClN4O2/c1-12-9-13(2)22-19(21-12)24-8-4-5-14(11-24)18(25)23-17-10-15(26-3)6-7-16(17)20/h6-7,9-10,14H,4-5,8,11H2,1-3H3,(H,23,25). The molecule has 1 amide bonds. The zero-order chi connectivity index (χ0) is 18.7. The number of piperidine rings is 1. The van der Waals surface area contributed by atoms with Gasteiger partial charge in [0.05, 0.1) is 23.7 Å². The van der Waals surface area contributed by atoms with Gasteiger partial charge >= 0.3 is 0 Å². The molecule has 2 aromatic rings. The van der Waals surface area contributed by atoms with Crippen LogP contribution in [0.2, 0.25) is 5.02 Å². The molecule has 7 heteroatoms. The lowest BCUT2D eigenvalue weighted by molar-refractivity contribution is -0.120. The highest BCUT2D eigenvalue weighted by atomic mass is 35.5. The van der Waals surface area contributed by atoms with E-state index in [1.165, 1.54) is 0 Å². The average molecular weight is 375 g/mol. The molecule has 26 heavy (non-hydrogen) atoms. The molecule has 138 valence electrons. The van der Waals surface area contributed by atoms with Gasteiger partial charge in [0, 0.05) is 30.5 Å². The van der Waals surface area contributed by atoms with Gasteiger partial charge in [-0.1, -0.05) is 11.6 Å². The highest BCUT2D eigenvalue weighted by Gasteiger charge is 2.27. The number of benzene rings is 1. The number of hydrogen-bond acceptors (Lipinski definition) is 5. The van der Waals surface area contributed by atoms with Crippen molar-refractivity contribution in [2.24, 2.45) is 5.92 Å². The molecule has 0 spiro atoms. The summed E-state index contributed by atoms with van der Waals surface area (Å²) >= 11 is 6.19. The van der Waals surface area contributed by atoms with Crippen molar-refractivity contribution in [3.8, 4) is 5.75 Å². The molecule has 1 N–H and O–H groups in total. The van der Waals surface area contributed by atoms with Crippen LogP contribution >= 0.6 is 11.6 Å². The van der Waals surface area contributed by atoms with Crippen LogP contribution < -0.4 is 15.0 Å². The number of hydrogen-bond donors (Lipinski definition) is 1. The molecule has 1 unspecified atom stereocenters. The number of nitrogens with zero attached hydrogens (tertiary/aromatic N) is 3. The molecule has 1 aromatic carbocycles. The molecule has 0 aliphatic carbocycles. The Morgan fingerprint density at radius 1 is 1.27 bits per heavy atom. The molecule has 6 nitrogen and oxygen atoms in total. The summed E-state index contributed by atoms with van der Waals surface area (Å²) in [4.78, 5) is 23.9. The summed E-state index contributed by atoms with van der Waals surface area (Å²) in [6.07, 6.45) is 1.75. The molecule has 1 aliphatic heterocycles. The molecule has 1 fully saturated rings. The van der Waals surface area contributed by atoms with Crippen LogP contribution in [0.5, 0.6) is 5.75 Å². The van der Waals surface area contributed by atoms with Gasteiger partial charge in [-0.3, -0.25) is 4.79 Å². The molecule has 1 atom stereocenters. The van der Waals surface area contributed by atoms with Gasteiger partial charge < -0.3 is 15.0 Å². The summed E-state index contributed by atoms with van der Waals surface area (Å²) in [5.41, 5.74) is 2.43. The Morgan fingerprint density at radius 2 is 2.00 bits per heavy atom. The Morgan fingerprint density at radius 3 is 2.69 bits per heavy atom. The van der Waals surface area contributed by atoms with Crippen LogP contribution in [-0.4, -0.2) is 36.1 Å². The molecular formula is C19H23ClN4O2. The fourth-order valence-corrected chi connectivity index (χ4v) is 3.35. The van der Waals surface area contributed by atoms with Gasteiger partial charge in [0.2, 0.25) is 11.9 Å². The minimum Gasteiger partial charge on any atom is -0.497 e. The number of aryl methyl sites for hydroxylation is 2.